The summed E-state index contributed by atoms with van der Waals surface area (Å²) < 4.78 is 25.8. The number of benzene rings is 1. The Morgan fingerprint density at radius 2 is 1.94 bits per heavy atom. The lowest BCUT2D eigenvalue weighted by Gasteiger charge is -2.29. The van der Waals surface area contributed by atoms with E-state index in [9.17, 15) is 13.6 Å². The van der Waals surface area contributed by atoms with E-state index in [4.69, 9.17) is 5.73 Å². The summed E-state index contributed by atoms with van der Waals surface area (Å²) in [6.07, 6.45) is -1.91. The third kappa shape index (κ3) is 5.46. The number of halogens is 2. The van der Waals surface area contributed by atoms with Crippen LogP contribution >= 0.6 is 11.3 Å². The summed E-state index contributed by atoms with van der Waals surface area (Å²) in [4.78, 5) is 16.4. The first-order valence-electron chi connectivity index (χ1n) is 9.84. The largest absolute Gasteiger partial charge is 0.369 e. The Morgan fingerprint density at radius 1 is 1.26 bits per heavy atom. The topological polar surface area (TPSA) is 77.2 Å². The minimum absolute atomic E-state index is 0.356. The van der Waals surface area contributed by atoms with Crippen LogP contribution in [-0.2, 0) is 0 Å². The molecule has 0 saturated carbocycles. The second-order valence-corrected chi connectivity index (χ2v) is 7.96. The lowest BCUT2D eigenvalue weighted by Crippen LogP contribution is -2.43. The van der Waals surface area contributed by atoms with E-state index in [1.165, 1.54) is 21.9 Å². The van der Waals surface area contributed by atoms with Crippen LogP contribution in [0.3, 0.4) is 0 Å². The van der Waals surface area contributed by atoms with Gasteiger partial charge in [-0.15, -0.1) is 11.3 Å². The maximum atomic E-state index is 12.9. The van der Waals surface area contributed by atoms with Crippen LogP contribution < -0.4 is 20.9 Å². The number of thiophene rings is 1. The predicted molar refractivity (Wildman–Crippen MR) is 123 cm³/mol. The lowest BCUT2D eigenvalue weighted by atomic mass is 10.1. The highest BCUT2D eigenvalue weighted by molar-refractivity contribution is 7.14. The normalized spacial score (nSPS) is 13.6. The first-order valence-corrected chi connectivity index (χ1v) is 10.7. The number of carbonyl (C=O) groups excluding carboxylic acids is 1. The first kappa shape index (κ1) is 22.9. The molecule has 2 aromatic rings. The van der Waals surface area contributed by atoms with Crippen LogP contribution in [0.25, 0.3) is 11.1 Å². The van der Waals surface area contributed by atoms with Crippen LogP contribution in [0.2, 0.25) is 0 Å². The fraction of sp³-hybridized carbons (Fsp3) is 0.333. The van der Waals surface area contributed by atoms with Gasteiger partial charge < -0.3 is 16.0 Å². The van der Waals surface area contributed by atoms with Crippen molar-refractivity contribution < 1.29 is 13.6 Å². The molecule has 2 amide bonds. The van der Waals surface area contributed by atoms with Crippen molar-refractivity contribution in [1.82, 2.24) is 10.3 Å². The Morgan fingerprint density at radius 3 is 2.52 bits per heavy atom. The van der Waals surface area contributed by atoms with Gasteiger partial charge in [-0.3, -0.25) is 4.90 Å². The fourth-order valence-electron chi connectivity index (χ4n) is 3.27. The average Bonchev–Trinajstić information content (AvgIpc) is 3.30. The van der Waals surface area contributed by atoms with E-state index in [2.05, 4.69) is 46.3 Å². The summed E-state index contributed by atoms with van der Waals surface area (Å²) in [6.45, 7) is 6.47. The number of hydrogen-bond acceptors (Lipinski definition) is 6. The molecule has 1 aromatic carbocycles. The molecule has 3 rings (SSSR count). The second-order valence-electron chi connectivity index (χ2n) is 7.07. The molecule has 3 N–H and O–H groups in total. The second kappa shape index (κ2) is 10.5. The molecular formula is C21H26F2N6OS. The Bertz CT molecular complexity index is 936. The summed E-state index contributed by atoms with van der Waals surface area (Å²) in [6, 6.07) is 9.64. The number of nitrogens with zero attached hydrogens (tertiary/aromatic N) is 4. The van der Waals surface area contributed by atoms with Crippen molar-refractivity contribution in [2.24, 2.45) is 10.8 Å². The Hall–Kier alpha value is -2.82. The van der Waals surface area contributed by atoms with Gasteiger partial charge in [0, 0.05) is 63.1 Å². The number of hydrazone groups is 1. The summed E-state index contributed by atoms with van der Waals surface area (Å²) in [5.74, 6) is 0. The molecule has 166 valence electrons. The summed E-state index contributed by atoms with van der Waals surface area (Å²) in [7, 11) is 1.57. The van der Waals surface area contributed by atoms with Crippen molar-refractivity contribution in [1.29, 1.82) is 0 Å². The van der Waals surface area contributed by atoms with Crippen LogP contribution in [0, 0.1) is 0 Å². The minimum atomic E-state index is -1.91. The zero-order valence-electron chi connectivity index (χ0n) is 17.4. The van der Waals surface area contributed by atoms with Gasteiger partial charge in [-0.05, 0) is 29.3 Å². The van der Waals surface area contributed by atoms with Gasteiger partial charge in [-0.2, -0.15) is 13.9 Å². The Labute approximate surface area is 184 Å². The smallest absolute Gasteiger partial charge is 0.345 e. The maximum Gasteiger partial charge on any atom is 0.345 e. The standard InChI is InChI=1S/C21H26F2N6OS/c1-25-29(13-17(12-24)20(22)23)21(30)27(2)19-11-16(14-31-19)15-3-5-18(6-4-15)28-9-7-26-8-10-28/h3-6,11,14,26H,1,7-10,12-13,24H2,2H3. The molecular weight excluding hydrogens is 422 g/mol. The van der Waals surface area contributed by atoms with Crippen molar-refractivity contribution >= 4 is 34.8 Å². The summed E-state index contributed by atoms with van der Waals surface area (Å²) >= 11 is 1.38. The number of piperazine rings is 1. The molecule has 0 bridgehead atoms. The zero-order valence-corrected chi connectivity index (χ0v) is 18.2. The van der Waals surface area contributed by atoms with E-state index in [1.807, 2.05) is 11.4 Å². The van der Waals surface area contributed by atoms with Gasteiger partial charge in [0.25, 0.3) is 6.08 Å². The maximum absolute atomic E-state index is 12.9. The van der Waals surface area contributed by atoms with Gasteiger partial charge >= 0.3 is 6.03 Å². The van der Waals surface area contributed by atoms with E-state index in [0.717, 1.165) is 42.3 Å². The molecule has 0 radical (unpaired) electrons. The highest BCUT2D eigenvalue weighted by Crippen LogP contribution is 2.32. The Kier molecular flexibility index (Phi) is 7.72. The van der Waals surface area contributed by atoms with Crippen LogP contribution in [0.5, 0.6) is 0 Å². The van der Waals surface area contributed by atoms with E-state index >= 15 is 0 Å². The molecule has 1 saturated heterocycles. The quantitative estimate of drug-likeness (QED) is 0.503. The summed E-state index contributed by atoms with van der Waals surface area (Å²) in [5, 5.41) is 10.4. The number of anilines is 2. The number of rotatable bonds is 7. The monoisotopic (exact) mass is 448 g/mol. The number of hydrogen-bond donors (Lipinski definition) is 2. The molecule has 0 spiro atoms. The van der Waals surface area contributed by atoms with Gasteiger partial charge in [-0.1, -0.05) is 12.1 Å². The van der Waals surface area contributed by atoms with Crippen molar-refractivity contribution in [3.05, 3.63) is 47.4 Å². The van der Waals surface area contributed by atoms with E-state index in [0.29, 0.717) is 5.00 Å². The molecule has 1 aliphatic heterocycles. The molecule has 31 heavy (non-hydrogen) atoms. The Balaban J connectivity index is 1.71. The van der Waals surface area contributed by atoms with Gasteiger partial charge in [0.1, 0.15) is 0 Å². The third-order valence-corrected chi connectivity index (χ3v) is 6.14. The predicted octanol–water partition coefficient (Wildman–Crippen LogP) is 3.41. The first-order chi connectivity index (χ1) is 14.9. The van der Waals surface area contributed by atoms with Gasteiger partial charge in [0.15, 0.2) is 0 Å². The molecule has 0 aliphatic carbocycles. The van der Waals surface area contributed by atoms with Crippen LogP contribution in [0.15, 0.2) is 52.5 Å². The van der Waals surface area contributed by atoms with E-state index in [1.54, 1.807) is 7.05 Å². The van der Waals surface area contributed by atoms with E-state index < -0.39 is 18.7 Å². The number of carbonyl (C=O) groups is 1. The number of nitrogens with two attached hydrogens (primary N) is 1. The van der Waals surface area contributed by atoms with Crippen molar-refractivity contribution in [3.63, 3.8) is 0 Å². The lowest BCUT2D eigenvalue weighted by molar-refractivity contribution is 0.212. The molecule has 0 atom stereocenters. The van der Waals surface area contributed by atoms with Crippen LogP contribution in [0.4, 0.5) is 24.3 Å². The zero-order chi connectivity index (χ0) is 22.4. The number of nitrogens with one attached hydrogen (secondary N) is 1. The molecule has 1 aliphatic rings. The molecule has 1 fully saturated rings. The van der Waals surface area contributed by atoms with Gasteiger partial charge in [-0.25, -0.2) is 9.80 Å². The highest BCUT2D eigenvalue weighted by atomic mass is 32.1. The molecule has 1 aromatic heterocycles. The SMILES string of the molecule is C=NN(CC(CN)=C(F)F)C(=O)N(C)c1cc(-c2ccc(N3CCNCC3)cc2)cs1. The number of amides is 2. The van der Waals surface area contributed by atoms with Crippen molar-refractivity contribution in [3.8, 4) is 11.1 Å². The molecule has 0 unspecified atom stereocenters. The molecule has 2 heterocycles. The molecule has 7 nitrogen and oxygen atoms in total. The number of urea groups is 1. The van der Waals surface area contributed by atoms with E-state index in [-0.39, 0.29) is 12.1 Å². The summed E-state index contributed by atoms with van der Waals surface area (Å²) in [5.41, 5.74) is 8.17. The average molecular weight is 449 g/mol. The van der Waals surface area contributed by atoms with Crippen LogP contribution in [-0.4, -0.2) is 64.1 Å². The fourth-order valence-corrected chi connectivity index (χ4v) is 4.15. The van der Waals surface area contributed by atoms with Crippen molar-refractivity contribution in [2.45, 2.75) is 0 Å². The van der Waals surface area contributed by atoms with Crippen LogP contribution in [0.1, 0.15) is 0 Å². The highest BCUT2D eigenvalue weighted by Gasteiger charge is 2.22. The van der Waals surface area contributed by atoms with Gasteiger partial charge in [0.2, 0.25) is 0 Å². The van der Waals surface area contributed by atoms with Crippen molar-refractivity contribution in [2.75, 3.05) is 56.1 Å². The third-order valence-electron chi connectivity index (χ3n) is 5.13. The minimum Gasteiger partial charge on any atom is -0.369 e. The van der Waals surface area contributed by atoms with Gasteiger partial charge in [0.05, 0.1) is 11.5 Å². The molecule has 10 heteroatoms.